The lowest BCUT2D eigenvalue weighted by Crippen LogP contribution is -2.28. The topological polar surface area (TPSA) is 105 Å². The van der Waals surface area contributed by atoms with Gasteiger partial charge in [-0.3, -0.25) is 0 Å². The summed E-state index contributed by atoms with van der Waals surface area (Å²) in [5.74, 6) is -0.0752. The second-order valence-electron chi connectivity index (χ2n) is 7.74. The van der Waals surface area contributed by atoms with Crippen LogP contribution in [0.25, 0.3) is 0 Å². The van der Waals surface area contributed by atoms with Gasteiger partial charge < -0.3 is 30.6 Å². The highest BCUT2D eigenvalue weighted by atomic mass is 16.3. The Kier molecular flexibility index (Phi) is 6.26. The molecule has 0 bridgehead atoms. The van der Waals surface area contributed by atoms with Gasteiger partial charge in [0.15, 0.2) is 0 Å². The highest BCUT2D eigenvalue weighted by Crippen LogP contribution is 2.38. The molecule has 0 saturated carbocycles. The van der Waals surface area contributed by atoms with Gasteiger partial charge in [-0.1, -0.05) is 26.0 Å². The second-order valence-corrected chi connectivity index (χ2v) is 7.74. The number of urea groups is 2. The van der Waals surface area contributed by atoms with Crippen molar-refractivity contribution in [1.82, 2.24) is 9.80 Å². The zero-order valence-electron chi connectivity index (χ0n) is 17.6. The fourth-order valence-electron chi connectivity index (χ4n) is 2.67. The van der Waals surface area contributed by atoms with Crippen molar-refractivity contribution in [1.29, 1.82) is 0 Å². The first-order valence-corrected chi connectivity index (χ1v) is 9.07. The van der Waals surface area contributed by atoms with E-state index < -0.39 is 5.41 Å². The van der Waals surface area contributed by atoms with E-state index >= 15 is 0 Å². The van der Waals surface area contributed by atoms with Crippen molar-refractivity contribution in [2.75, 3.05) is 38.8 Å². The number of hydrogen-bond donors (Lipinski definition) is 4. The number of nitrogens with one attached hydrogen (secondary N) is 2. The molecule has 0 heterocycles. The predicted molar refractivity (Wildman–Crippen MR) is 114 cm³/mol. The lowest BCUT2D eigenvalue weighted by atomic mass is 9.77. The first kappa shape index (κ1) is 21.9. The molecule has 2 aromatic carbocycles. The number of carbonyl (C=O) groups is 2. The molecule has 8 nitrogen and oxygen atoms in total. The molecule has 0 spiro atoms. The molecular formula is C21H28N4O4. The van der Waals surface area contributed by atoms with E-state index in [1.54, 1.807) is 52.5 Å². The van der Waals surface area contributed by atoms with Crippen LogP contribution in [0.15, 0.2) is 36.4 Å². The maximum atomic E-state index is 12.0. The Labute approximate surface area is 170 Å². The summed E-state index contributed by atoms with van der Waals surface area (Å²) >= 11 is 0. The van der Waals surface area contributed by atoms with Gasteiger partial charge in [0.1, 0.15) is 11.5 Å². The maximum Gasteiger partial charge on any atom is 0.321 e. The fraction of sp³-hybridized carbons (Fsp3) is 0.333. The number of anilines is 2. The molecule has 0 aromatic heterocycles. The van der Waals surface area contributed by atoms with Crippen LogP contribution in [0.4, 0.5) is 21.0 Å². The molecule has 0 aliphatic heterocycles. The number of phenolic OH excluding ortho intramolecular Hbond substituents is 2. The molecule has 0 aliphatic carbocycles. The number of rotatable bonds is 4. The van der Waals surface area contributed by atoms with E-state index in [0.29, 0.717) is 11.4 Å². The Morgan fingerprint density at radius 2 is 1.10 bits per heavy atom. The van der Waals surface area contributed by atoms with Gasteiger partial charge in [-0.25, -0.2) is 9.59 Å². The van der Waals surface area contributed by atoms with Crippen LogP contribution in [0.1, 0.15) is 25.0 Å². The predicted octanol–water partition coefficient (Wildman–Crippen LogP) is 3.61. The van der Waals surface area contributed by atoms with Crippen LogP contribution in [-0.4, -0.2) is 60.3 Å². The Hall–Kier alpha value is -3.42. The number of aromatic hydroxyl groups is 2. The number of hydrogen-bond acceptors (Lipinski definition) is 4. The lowest BCUT2D eigenvalue weighted by Gasteiger charge is -2.28. The molecule has 4 N–H and O–H groups in total. The number of carbonyl (C=O) groups excluding carboxylic acids is 2. The van der Waals surface area contributed by atoms with Crippen LogP contribution in [0, 0.1) is 0 Å². The number of nitrogens with zero attached hydrogens (tertiary/aromatic N) is 2. The Balaban J connectivity index is 2.42. The van der Waals surface area contributed by atoms with Crippen molar-refractivity contribution in [3.8, 4) is 11.5 Å². The van der Waals surface area contributed by atoms with Gasteiger partial charge in [-0.15, -0.1) is 0 Å². The Morgan fingerprint density at radius 3 is 1.41 bits per heavy atom. The number of benzene rings is 2. The zero-order valence-corrected chi connectivity index (χ0v) is 17.6. The summed E-state index contributed by atoms with van der Waals surface area (Å²) < 4.78 is 0. The SMILES string of the molecule is CN(C)C(=O)Nc1cc(C(C)(C)c2ccc(O)c(NC(=O)N(C)C)c2)ccc1O. The van der Waals surface area contributed by atoms with E-state index in [1.165, 1.54) is 21.9 Å². The molecule has 2 rings (SSSR count). The molecule has 0 aliphatic rings. The molecule has 8 heteroatoms. The monoisotopic (exact) mass is 400 g/mol. The zero-order chi connectivity index (χ0) is 21.9. The average Bonchev–Trinajstić information content (AvgIpc) is 2.64. The van der Waals surface area contributed by atoms with Crippen LogP contribution in [0.3, 0.4) is 0 Å². The van der Waals surface area contributed by atoms with E-state index in [1.807, 2.05) is 13.8 Å². The lowest BCUT2D eigenvalue weighted by molar-refractivity contribution is 0.230. The third-order valence-corrected chi connectivity index (χ3v) is 4.73. The van der Waals surface area contributed by atoms with Gasteiger partial charge in [-0.2, -0.15) is 0 Å². The smallest absolute Gasteiger partial charge is 0.321 e. The Morgan fingerprint density at radius 1 is 0.759 bits per heavy atom. The quantitative estimate of drug-likeness (QED) is 0.588. The van der Waals surface area contributed by atoms with Gasteiger partial charge in [0.25, 0.3) is 0 Å². The summed E-state index contributed by atoms with van der Waals surface area (Å²) in [6.07, 6.45) is 0. The van der Waals surface area contributed by atoms with Crippen LogP contribution in [0.5, 0.6) is 11.5 Å². The van der Waals surface area contributed by atoms with Crippen molar-refractivity contribution in [2.45, 2.75) is 19.3 Å². The molecule has 0 fully saturated rings. The molecule has 0 atom stereocenters. The van der Waals surface area contributed by atoms with Crippen molar-refractivity contribution in [2.24, 2.45) is 0 Å². The van der Waals surface area contributed by atoms with E-state index in [4.69, 9.17) is 0 Å². The van der Waals surface area contributed by atoms with E-state index in [0.717, 1.165) is 11.1 Å². The van der Waals surface area contributed by atoms with Gasteiger partial charge in [-0.05, 0) is 35.4 Å². The van der Waals surface area contributed by atoms with Gasteiger partial charge >= 0.3 is 12.1 Å². The first-order chi connectivity index (χ1) is 13.4. The van der Waals surface area contributed by atoms with Crippen molar-refractivity contribution in [3.05, 3.63) is 47.5 Å². The highest BCUT2D eigenvalue weighted by Gasteiger charge is 2.26. The maximum absolute atomic E-state index is 12.0. The van der Waals surface area contributed by atoms with Crippen LogP contribution >= 0.6 is 0 Å². The molecule has 0 radical (unpaired) electrons. The Bertz CT molecular complexity index is 849. The number of phenols is 2. The summed E-state index contributed by atoms with van der Waals surface area (Å²) in [4.78, 5) is 26.7. The highest BCUT2D eigenvalue weighted by molar-refractivity contribution is 5.91. The summed E-state index contributed by atoms with van der Waals surface area (Å²) in [7, 11) is 6.45. The average molecular weight is 400 g/mol. The third kappa shape index (κ3) is 4.90. The first-order valence-electron chi connectivity index (χ1n) is 9.07. The molecule has 2 aromatic rings. The van der Waals surface area contributed by atoms with Crippen LogP contribution in [-0.2, 0) is 5.41 Å². The number of amides is 4. The van der Waals surface area contributed by atoms with Gasteiger partial charge in [0, 0.05) is 33.6 Å². The second kappa shape index (κ2) is 8.30. The third-order valence-electron chi connectivity index (χ3n) is 4.73. The summed E-state index contributed by atoms with van der Waals surface area (Å²) in [6.45, 7) is 3.95. The molecule has 0 unspecified atom stereocenters. The summed E-state index contributed by atoms with van der Waals surface area (Å²) in [5, 5.41) is 25.6. The van der Waals surface area contributed by atoms with Gasteiger partial charge in [0.05, 0.1) is 11.4 Å². The largest absolute Gasteiger partial charge is 0.506 e. The van der Waals surface area contributed by atoms with Crippen molar-refractivity contribution < 1.29 is 19.8 Å². The molecular weight excluding hydrogens is 372 g/mol. The van der Waals surface area contributed by atoms with Crippen LogP contribution < -0.4 is 10.6 Å². The van der Waals surface area contributed by atoms with Crippen LogP contribution in [0.2, 0.25) is 0 Å². The summed E-state index contributed by atoms with van der Waals surface area (Å²) in [5.41, 5.74) is 1.72. The van der Waals surface area contributed by atoms with Crippen molar-refractivity contribution >= 4 is 23.4 Å². The van der Waals surface area contributed by atoms with E-state index in [9.17, 15) is 19.8 Å². The molecule has 0 saturated heterocycles. The normalized spacial score (nSPS) is 11.0. The van der Waals surface area contributed by atoms with E-state index in [-0.39, 0.29) is 23.6 Å². The minimum Gasteiger partial charge on any atom is -0.506 e. The molecule has 4 amide bonds. The van der Waals surface area contributed by atoms with E-state index in [2.05, 4.69) is 10.6 Å². The van der Waals surface area contributed by atoms with Gasteiger partial charge in [0.2, 0.25) is 0 Å². The minimum atomic E-state index is -0.545. The fourth-order valence-corrected chi connectivity index (χ4v) is 2.67. The standard InChI is InChI=1S/C21H28N4O4/c1-21(2,13-7-9-17(26)15(11-13)22-19(28)24(3)4)14-8-10-18(27)16(12-14)23-20(29)25(5)6/h7-12,26-27H,1-6H3,(H,22,28)(H,23,29). The van der Waals surface area contributed by atoms with Crippen molar-refractivity contribution in [3.63, 3.8) is 0 Å². The summed E-state index contributed by atoms with van der Waals surface area (Å²) in [6, 6.07) is 9.30. The molecule has 156 valence electrons. The molecule has 29 heavy (non-hydrogen) atoms. The minimum absolute atomic E-state index is 0.0376.